The molecule has 0 aliphatic carbocycles. The Morgan fingerprint density at radius 3 is 3.29 bits per heavy atom. The fraction of sp³-hybridized carbons (Fsp3) is 0.500. The lowest BCUT2D eigenvalue weighted by atomic mass is 10.3. The van der Waals surface area contributed by atoms with Crippen molar-refractivity contribution in [3.8, 4) is 11.6 Å². The first kappa shape index (κ1) is 9.27. The minimum Gasteiger partial charge on any atom is -0.493 e. The van der Waals surface area contributed by atoms with Gasteiger partial charge in [0, 0.05) is 19.2 Å². The number of rotatable bonds is 1. The van der Waals surface area contributed by atoms with Crippen molar-refractivity contribution in [2.75, 3.05) is 6.54 Å². The standard InChI is InChI=1S/C10H14N2O2/c1-2-7-5-11-6-8-9(14-7)3-4-10(13)12-8/h3-4,7,11H,2,5-6H2,1H3,(H,12,13)/t7-/m1/s1. The van der Waals surface area contributed by atoms with Crippen LogP contribution in [-0.2, 0) is 6.54 Å². The number of ether oxygens (including phenoxy) is 1. The van der Waals surface area contributed by atoms with Crippen molar-refractivity contribution in [3.63, 3.8) is 0 Å². The number of nitrogens with zero attached hydrogens (tertiary/aromatic N) is 1. The quantitative estimate of drug-likeness (QED) is 0.701. The molecule has 0 fully saturated rings. The SMILES string of the molecule is CC[C@@H]1CNCc2nc(O)ccc2O1. The van der Waals surface area contributed by atoms with Crippen LogP contribution in [0, 0.1) is 0 Å². The summed E-state index contributed by atoms with van der Waals surface area (Å²) in [5, 5.41) is 12.4. The Labute approximate surface area is 82.9 Å². The van der Waals surface area contributed by atoms with Gasteiger partial charge in [0.1, 0.15) is 17.5 Å². The maximum atomic E-state index is 9.21. The topological polar surface area (TPSA) is 54.4 Å². The second kappa shape index (κ2) is 3.84. The average Bonchev–Trinajstić information content (AvgIpc) is 2.38. The van der Waals surface area contributed by atoms with E-state index >= 15 is 0 Å². The van der Waals surface area contributed by atoms with Gasteiger partial charge >= 0.3 is 0 Å². The molecular formula is C10H14N2O2. The molecule has 1 aromatic heterocycles. The summed E-state index contributed by atoms with van der Waals surface area (Å²) < 4.78 is 5.72. The van der Waals surface area contributed by atoms with Gasteiger partial charge in [0.15, 0.2) is 0 Å². The Kier molecular flexibility index (Phi) is 2.54. The van der Waals surface area contributed by atoms with Gasteiger partial charge in [0.2, 0.25) is 5.88 Å². The summed E-state index contributed by atoms with van der Waals surface area (Å²) in [6.45, 7) is 3.57. The number of hydrogen-bond donors (Lipinski definition) is 2. The van der Waals surface area contributed by atoms with Gasteiger partial charge in [-0.2, -0.15) is 0 Å². The molecule has 0 spiro atoms. The van der Waals surface area contributed by atoms with Gasteiger partial charge in [-0.1, -0.05) is 6.92 Å². The maximum Gasteiger partial charge on any atom is 0.211 e. The fourth-order valence-electron chi connectivity index (χ4n) is 1.51. The molecule has 0 amide bonds. The number of pyridine rings is 1. The Bertz CT molecular complexity index is 328. The van der Waals surface area contributed by atoms with Crippen molar-refractivity contribution in [2.45, 2.75) is 26.0 Å². The van der Waals surface area contributed by atoms with E-state index in [9.17, 15) is 5.11 Å². The van der Waals surface area contributed by atoms with Crippen LogP contribution in [-0.4, -0.2) is 22.7 Å². The molecule has 4 heteroatoms. The molecule has 0 unspecified atom stereocenters. The summed E-state index contributed by atoms with van der Waals surface area (Å²) in [7, 11) is 0. The molecule has 14 heavy (non-hydrogen) atoms. The molecule has 1 aromatic rings. The van der Waals surface area contributed by atoms with Gasteiger partial charge in [0.05, 0.1) is 0 Å². The van der Waals surface area contributed by atoms with Crippen molar-refractivity contribution >= 4 is 0 Å². The lowest BCUT2D eigenvalue weighted by Gasteiger charge is -2.14. The van der Waals surface area contributed by atoms with Gasteiger partial charge < -0.3 is 15.2 Å². The van der Waals surface area contributed by atoms with E-state index in [1.165, 1.54) is 0 Å². The summed E-state index contributed by atoms with van der Waals surface area (Å²) >= 11 is 0. The van der Waals surface area contributed by atoms with Gasteiger partial charge in [-0.25, -0.2) is 4.98 Å². The molecule has 2 rings (SSSR count). The maximum absolute atomic E-state index is 9.21. The van der Waals surface area contributed by atoms with Crippen LogP contribution < -0.4 is 10.1 Å². The highest BCUT2D eigenvalue weighted by atomic mass is 16.5. The zero-order chi connectivity index (χ0) is 9.97. The molecule has 0 saturated heterocycles. The Hall–Kier alpha value is -1.29. The van der Waals surface area contributed by atoms with Crippen molar-refractivity contribution in [2.24, 2.45) is 0 Å². The van der Waals surface area contributed by atoms with Crippen LogP contribution in [0.15, 0.2) is 12.1 Å². The van der Waals surface area contributed by atoms with Crippen molar-refractivity contribution in [1.82, 2.24) is 10.3 Å². The minimum absolute atomic E-state index is 0.0455. The molecule has 0 radical (unpaired) electrons. The highest BCUT2D eigenvalue weighted by molar-refractivity contribution is 5.32. The average molecular weight is 194 g/mol. The van der Waals surface area contributed by atoms with Crippen LogP contribution in [0.1, 0.15) is 19.0 Å². The van der Waals surface area contributed by atoms with Crippen molar-refractivity contribution in [3.05, 3.63) is 17.8 Å². The lowest BCUT2D eigenvalue weighted by molar-refractivity contribution is 0.201. The smallest absolute Gasteiger partial charge is 0.211 e. The zero-order valence-electron chi connectivity index (χ0n) is 8.16. The van der Waals surface area contributed by atoms with Crippen LogP contribution >= 0.6 is 0 Å². The van der Waals surface area contributed by atoms with Gasteiger partial charge in [-0.15, -0.1) is 0 Å². The summed E-state index contributed by atoms with van der Waals surface area (Å²) in [4.78, 5) is 4.01. The Morgan fingerprint density at radius 1 is 1.64 bits per heavy atom. The van der Waals surface area contributed by atoms with Crippen LogP contribution in [0.2, 0.25) is 0 Å². The normalized spacial score (nSPS) is 20.8. The van der Waals surface area contributed by atoms with E-state index in [1.54, 1.807) is 12.1 Å². The van der Waals surface area contributed by atoms with E-state index < -0.39 is 0 Å². The summed E-state index contributed by atoms with van der Waals surface area (Å²) in [6.07, 6.45) is 1.16. The summed E-state index contributed by atoms with van der Waals surface area (Å²) in [6, 6.07) is 3.32. The first-order valence-corrected chi connectivity index (χ1v) is 4.86. The highest BCUT2D eigenvalue weighted by Gasteiger charge is 2.16. The van der Waals surface area contributed by atoms with Crippen LogP contribution in [0.25, 0.3) is 0 Å². The third-order valence-electron chi connectivity index (χ3n) is 2.33. The van der Waals surface area contributed by atoms with E-state index in [1.807, 2.05) is 0 Å². The molecule has 1 aliphatic rings. The zero-order valence-corrected chi connectivity index (χ0v) is 8.16. The summed E-state index contributed by atoms with van der Waals surface area (Å²) in [5.74, 6) is 0.823. The predicted molar refractivity (Wildman–Crippen MR) is 52.3 cm³/mol. The predicted octanol–water partition coefficient (Wildman–Crippen LogP) is 1.05. The number of hydrogen-bond acceptors (Lipinski definition) is 4. The van der Waals surface area contributed by atoms with Crippen LogP contribution in [0.5, 0.6) is 11.6 Å². The van der Waals surface area contributed by atoms with Crippen molar-refractivity contribution in [1.29, 1.82) is 0 Å². The summed E-state index contributed by atoms with van der Waals surface area (Å²) in [5.41, 5.74) is 0.779. The van der Waals surface area contributed by atoms with Gasteiger partial charge in [0.25, 0.3) is 0 Å². The van der Waals surface area contributed by atoms with E-state index in [0.717, 1.165) is 24.4 Å². The molecule has 0 bridgehead atoms. The number of nitrogens with one attached hydrogen (secondary N) is 1. The van der Waals surface area contributed by atoms with Crippen LogP contribution in [0.4, 0.5) is 0 Å². The van der Waals surface area contributed by atoms with Crippen LogP contribution in [0.3, 0.4) is 0 Å². The second-order valence-electron chi connectivity index (χ2n) is 3.39. The number of aromatic hydroxyl groups is 1. The Balaban J connectivity index is 2.27. The molecule has 76 valence electrons. The van der Waals surface area contributed by atoms with E-state index in [4.69, 9.17) is 4.74 Å². The number of aromatic nitrogens is 1. The van der Waals surface area contributed by atoms with E-state index in [-0.39, 0.29) is 12.0 Å². The molecule has 1 atom stereocenters. The Morgan fingerprint density at radius 2 is 2.50 bits per heavy atom. The molecule has 4 nitrogen and oxygen atoms in total. The molecule has 2 N–H and O–H groups in total. The first-order valence-electron chi connectivity index (χ1n) is 4.86. The first-order chi connectivity index (χ1) is 6.79. The third kappa shape index (κ3) is 1.80. The third-order valence-corrected chi connectivity index (χ3v) is 2.33. The largest absolute Gasteiger partial charge is 0.493 e. The molecule has 0 saturated carbocycles. The molecule has 0 aromatic carbocycles. The van der Waals surface area contributed by atoms with E-state index in [2.05, 4.69) is 17.2 Å². The van der Waals surface area contributed by atoms with Gasteiger partial charge in [-0.05, 0) is 12.5 Å². The highest BCUT2D eigenvalue weighted by Crippen LogP contribution is 2.23. The lowest BCUT2D eigenvalue weighted by Crippen LogP contribution is -2.27. The van der Waals surface area contributed by atoms with E-state index in [0.29, 0.717) is 6.54 Å². The fourth-order valence-corrected chi connectivity index (χ4v) is 1.51. The number of fused-ring (bicyclic) bond motifs is 1. The molecule has 1 aliphatic heterocycles. The molecular weight excluding hydrogens is 180 g/mol. The second-order valence-corrected chi connectivity index (χ2v) is 3.39. The van der Waals surface area contributed by atoms with Crippen molar-refractivity contribution < 1.29 is 9.84 Å². The monoisotopic (exact) mass is 194 g/mol. The minimum atomic E-state index is 0.0455. The molecule has 2 heterocycles. The van der Waals surface area contributed by atoms with Gasteiger partial charge in [-0.3, -0.25) is 0 Å².